The van der Waals surface area contributed by atoms with Crippen molar-refractivity contribution in [3.8, 4) is 0 Å². The maximum absolute atomic E-state index is 13.2. The molecule has 280 valence electrons. The van der Waals surface area contributed by atoms with Gasteiger partial charge in [-0.25, -0.2) is 14.8 Å². The van der Waals surface area contributed by atoms with Gasteiger partial charge in [0.05, 0.1) is 11.0 Å². The number of halogens is 4. The predicted molar refractivity (Wildman–Crippen MR) is 191 cm³/mol. The molecule has 51 heavy (non-hydrogen) atoms. The molecule has 2 unspecified atom stereocenters. The summed E-state index contributed by atoms with van der Waals surface area (Å²) in [5, 5.41) is 4.86. The number of likely N-dealkylation sites (tertiary alicyclic amines) is 1. The molecule has 2 aromatic rings. The van der Waals surface area contributed by atoms with Crippen LogP contribution in [0.2, 0.25) is 5.15 Å². The lowest BCUT2D eigenvalue weighted by Gasteiger charge is -2.33. The Labute approximate surface area is 306 Å². The minimum absolute atomic E-state index is 0.0132. The van der Waals surface area contributed by atoms with Crippen LogP contribution in [-0.2, 0) is 9.47 Å². The van der Waals surface area contributed by atoms with E-state index in [9.17, 15) is 22.8 Å². The molecule has 0 bridgehead atoms. The number of hydrogen-bond acceptors (Lipinski definition) is 10. The molecule has 11 nitrogen and oxygen atoms in total. The lowest BCUT2D eigenvalue weighted by Crippen LogP contribution is -2.45. The van der Waals surface area contributed by atoms with E-state index in [0.29, 0.717) is 18.3 Å². The number of ether oxygens (including phenoxy) is 2. The number of hydrazine groups is 1. The third kappa shape index (κ3) is 10.4. The third-order valence-electron chi connectivity index (χ3n) is 9.25. The van der Waals surface area contributed by atoms with Crippen molar-refractivity contribution in [2.45, 2.75) is 108 Å². The molecule has 2 fully saturated rings. The molecular formula is C35H47ClF3N7O4S. The number of nitrogens with zero attached hydrogens (tertiary/aromatic N) is 4. The predicted octanol–water partition coefficient (Wildman–Crippen LogP) is 8.10. The van der Waals surface area contributed by atoms with E-state index in [0.717, 1.165) is 54.9 Å². The van der Waals surface area contributed by atoms with Crippen molar-refractivity contribution in [3.63, 3.8) is 0 Å². The zero-order valence-electron chi connectivity index (χ0n) is 29.6. The van der Waals surface area contributed by atoms with Crippen molar-refractivity contribution in [3.05, 3.63) is 53.5 Å². The van der Waals surface area contributed by atoms with Crippen LogP contribution in [0.5, 0.6) is 0 Å². The fraction of sp³-hybridized carbons (Fsp3) is 0.600. The number of amides is 2. The molecule has 2 aliphatic heterocycles. The summed E-state index contributed by atoms with van der Waals surface area (Å²) in [6.45, 7) is 11.3. The largest absolute Gasteiger partial charge is 0.444 e. The summed E-state index contributed by atoms with van der Waals surface area (Å²) < 4.78 is 53.4. The molecule has 3 aliphatic rings. The van der Waals surface area contributed by atoms with Gasteiger partial charge < -0.3 is 19.7 Å². The molecule has 1 saturated heterocycles. The van der Waals surface area contributed by atoms with E-state index in [1.165, 1.54) is 5.01 Å². The molecule has 1 saturated carbocycles. The number of pyridine rings is 2. The summed E-state index contributed by atoms with van der Waals surface area (Å²) in [6.07, 6.45) is 4.10. The van der Waals surface area contributed by atoms with Crippen LogP contribution in [0.3, 0.4) is 0 Å². The second-order valence-electron chi connectivity index (χ2n) is 15.0. The summed E-state index contributed by atoms with van der Waals surface area (Å²) in [7, 11) is 0. The summed E-state index contributed by atoms with van der Waals surface area (Å²) in [5.41, 5.74) is 0.821. The number of alkyl halides is 3. The SMILES string of the molecule is CC(C)(C)OC(=O)N1CC(CCCCNc2ccc(SNC(=O)c3ccc(N4C=CC(OCCC5(C(F)(F)F)CC5)N4)nc3Cl)cn2)CC1(C)C. The molecule has 2 amide bonds. The number of anilines is 2. The fourth-order valence-corrected chi connectivity index (χ4v) is 7.05. The highest BCUT2D eigenvalue weighted by molar-refractivity contribution is 7.98. The van der Waals surface area contributed by atoms with Crippen LogP contribution in [0.15, 0.2) is 47.6 Å². The smallest absolute Gasteiger partial charge is 0.410 e. The normalized spacial score (nSPS) is 20.8. The monoisotopic (exact) mass is 753 g/mol. The number of aromatic nitrogens is 2. The van der Waals surface area contributed by atoms with Gasteiger partial charge in [0.1, 0.15) is 28.6 Å². The van der Waals surface area contributed by atoms with Crippen LogP contribution in [0.1, 0.15) is 89.9 Å². The highest BCUT2D eigenvalue weighted by Gasteiger charge is 2.62. The Morgan fingerprint density at radius 2 is 1.90 bits per heavy atom. The van der Waals surface area contributed by atoms with Crippen LogP contribution in [-0.4, -0.2) is 70.1 Å². The Bertz CT molecular complexity index is 1570. The minimum Gasteiger partial charge on any atom is -0.444 e. The van der Waals surface area contributed by atoms with E-state index in [-0.39, 0.29) is 48.2 Å². The Morgan fingerprint density at radius 1 is 1.14 bits per heavy atom. The summed E-state index contributed by atoms with van der Waals surface area (Å²) in [4.78, 5) is 36.9. The number of nitrogens with one attached hydrogen (secondary N) is 3. The highest BCUT2D eigenvalue weighted by Crippen LogP contribution is 2.59. The first-order valence-corrected chi connectivity index (χ1v) is 18.4. The molecule has 16 heteroatoms. The van der Waals surface area contributed by atoms with Crippen LogP contribution in [0.4, 0.5) is 29.6 Å². The molecule has 4 heterocycles. The Hall–Kier alpha value is -3.27. The van der Waals surface area contributed by atoms with Crippen molar-refractivity contribution >= 4 is 47.2 Å². The van der Waals surface area contributed by atoms with Gasteiger partial charge in [0.15, 0.2) is 0 Å². The first kappa shape index (κ1) is 38.9. The summed E-state index contributed by atoms with van der Waals surface area (Å²) >= 11 is 7.45. The molecule has 0 spiro atoms. The van der Waals surface area contributed by atoms with Crippen molar-refractivity contribution in [1.29, 1.82) is 0 Å². The first-order chi connectivity index (χ1) is 23.9. The van der Waals surface area contributed by atoms with Gasteiger partial charge in [-0.3, -0.25) is 14.5 Å². The quantitative estimate of drug-likeness (QED) is 0.0992. The second kappa shape index (κ2) is 15.8. The molecular weight excluding hydrogens is 707 g/mol. The van der Waals surface area contributed by atoms with Crippen molar-refractivity contribution in [2.75, 3.05) is 30.0 Å². The van der Waals surface area contributed by atoms with Gasteiger partial charge in [-0.15, -0.1) is 0 Å². The fourth-order valence-electron chi connectivity index (χ4n) is 6.26. The maximum atomic E-state index is 13.2. The van der Waals surface area contributed by atoms with Crippen molar-refractivity contribution in [1.82, 2.24) is 25.0 Å². The van der Waals surface area contributed by atoms with E-state index >= 15 is 0 Å². The third-order valence-corrected chi connectivity index (χ3v) is 10.3. The van der Waals surface area contributed by atoms with E-state index in [4.69, 9.17) is 21.1 Å². The van der Waals surface area contributed by atoms with Gasteiger partial charge in [0, 0.05) is 42.5 Å². The Balaban J connectivity index is 0.982. The average Bonchev–Trinajstić information content (AvgIpc) is 3.59. The van der Waals surface area contributed by atoms with Gasteiger partial charge in [-0.05, 0) is 121 Å². The van der Waals surface area contributed by atoms with Crippen LogP contribution in [0, 0.1) is 11.3 Å². The first-order valence-electron chi connectivity index (χ1n) is 17.2. The van der Waals surface area contributed by atoms with Gasteiger partial charge in [0.25, 0.3) is 5.91 Å². The molecule has 2 atom stereocenters. The van der Waals surface area contributed by atoms with E-state index in [2.05, 4.69) is 39.3 Å². The molecule has 2 aromatic heterocycles. The maximum Gasteiger partial charge on any atom is 0.410 e. The van der Waals surface area contributed by atoms with Gasteiger partial charge in [-0.1, -0.05) is 18.0 Å². The summed E-state index contributed by atoms with van der Waals surface area (Å²) in [6, 6.07) is 6.85. The lowest BCUT2D eigenvalue weighted by atomic mass is 9.93. The number of unbranched alkanes of at least 4 members (excludes halogenated alkanes) is 1. The van der Waals surface area contributed by atoms with Gasteiger partial charge >= 0.3 is 12.3 Å². The molecule has 3 N–H and O–H groups in total. The summed E-state index contributed by atoms with van der Waals surface area (Å²) in [5.74, 6) is 1.13. The second-order valence-corrected chi connectivity index (χ2v) is 16.2. The molecule has 0 aromatic carbocycles. The minimum atomic E-state index is -4.21. The van der Waals surface area contributed by atoms with Crippen molar-refractivity contribution < 1.29 is 32.2 Å². The van der Waals surface area contributed by atoms with E-state index in [1.807, 2.05) is 37.8 Å². The van der Waals surface area contributed by atoms with Gasteiger partial charge in [0.2, 0.25) is 0 Å². The molecule has 1 aliphatic carbocycles. The zero-order valence-corrected chi connectivity index (χ0v) is 31.2. The number of rotatable bonds is 14. The Kier molecular flexibility index (Phi) is 12.0. The number of carbonyl (C=O) groups is 2. The lowest BCUT2D eigenvalue weighted by molar-refractivity contribution is -0.192. The highest BCUT2D eigenvalue weighted by atomic mass is 35.5. The van der Waals surface area contributed by atoms with Crippen LogP contribution in [0.25, 0.3) is 0 Å². The number of carbonyl (C=O) groups excluding carboxylic acids is 2. The zero-order chi connectivity index (χ0) is 37.0. The van der Waals surface area contributed by atoms with Crippen LogP contribution >= 0.6 is 23.5 Å². The van der Waals surface area contributed by atoms with E-state index in [1.54, 1.807) is 30.6 Å². The average molecular weight is 754 g/mol. The van der Waals surface area contributed by atoms with E-state index < -0.39 is 29.3 Å². The van der Waals surface area contributed by atoms with Crippen molar-refractivity contribution in [2.24, 2.45) is 11.3 Å². The van der Waals surface area contributed by atoms with Crippen LogP contribution < -0.4 is 20.5 Å². The standard InChI is InChI=1S/C35H47ClF3N7O4S/c1-32(2,3)50-31(48)45-22-23(20-33(45,4)5)8-6-7-17-40-26-11-9-24(21-41-26)51-44-30(47)25-10-12-27(42-29(25)36)46-18-13-28(43-46)49-19-16-34(14-15-34)35(37,38)39/h9-13,18,21,23,28,43H,6-8,14-17,19-20,22H2,1-5H3,(H,40,41)(H,44,47). The molecule has 0 radical (unpaired) electrons. The Morgan fingerprint density at radius 3 is 2.55 bits per heavy atom. The molecule has 5 rings (SSSR count). The number of hydrogen-bond donors (Lipinski definition) is 3. The topological polar surface area (TPSA) is 121 Å². The van der Waals surface area contributed by atoms with Gasteiger partial charge in [-0.2, -0.15) is 18.6 Å².